The summed E-state index contributed by atoms with van der Waals surface area (Å²) in [4.78, 5) is 12.2. The second-order valence-corrected chi connectivity index (χ2v) is 5.75. The molecule has 0 saturated heterocycles. The number of ether oxygens (including phenoxy) is 1. The lowest BCUT2D eigenvalue weighted by Gasteiger charge is -2.10. The summed E-state index contributed by atoms with van der Waals surface area (Å²) in [6, 6.07) is 3.74. The van der Waals surface area contributed by atoms with E-state index in [1.54, 1.807) is 6.07 Å². The molecule has 2 heterocycles. The molecule has 24 heavy (non-hydrogen) atoms. The highest BCUT2D eigenvalue weighted by Crippen LogP contribution is 2.38. The molecule has 1 aliphatic carbocycles. The monoisotopic (exact) mass is 358 g/mol. The fourth-order valence-electron chi connectivity index (χ4n) is 2.02. The Morgan fingerprint density at radius 3 is 2.67 bits per heavy atom. The van der Waals surface area contributed by atoms with Gasteiger partial charge in [0.05, 0.1) is 12.1 Å². The number of rotatable bonds is 6. The molecule has 9 heteroatoms. The van der Waals surface area contributed by atoms with E-state index >= 15 is 0 Å². The Labute approximate surface area is 141 Å². The number of alkyl halides is 3. The van der Waals surface area contributed by atoms with Crippen LogP contribution < -0.4 is 10.1 Å². The Bertz CT molecular complexity index is 705. The maximum atomic E-state index is 12.4. The van der Waals surface area contributed by atoms with E-state index in [0.29, 0.717) is 23.4 Å². The molecular weight excluding hydrogens is 345 g/mol. The fraction of sp³-hybridized carbons (Fsp3) is 0.400. The highest BCUT2D eigenvalue weighted by molar-refractivity contribution is 6.29. The minimum absolute atomic E-state index is 0.129. The molecule has 2 aromatic rings. The molecule has 0 aromatic carbocycles. The lowest BCUT2D eigenvalue weighted by Crippen LogP contribution is -2.14. The SMILES string of the molecule is FC(F)(F)c1ccc(OCCNc2cc(Cl)nc(C3CC3)n2)nc1. The van der Waals surface area contributed by atoms with Crippen LogP contribution in [0, 0.1) is 0 Å². The summed E-state index contributed by atoms with van der Waals surface area (Å²) < 4.78 is 42.6. The first-order valence-electron chi connectivity index (χ1n) is 7.36. The summed E-state index contributed by atoms with van der Waals surface area (Å²) in [5.74, 6) is 1.84. The molecule has 0 radical (unpaired) electrons. The predicted octanol–water partition coefficient (Wildman–Crippen LogP) is 3.91. The van der Waals surface area contributed by atoms with Crippen molar-refractivity contribution in [2.45, 2.75) is 24.9 Å². The minimum atomic E-state index is -4.40. The molecule has 0 unspecified atom stereocenters. The van der Waals surface area contributed by atoms with Gasteiger partial charge in [0.25, 0.3) is 0 Å². The average Bonchev–Trinajstić information content (AvgIpc) is 3.35. The van der Waals surface area contributed by atoms with Gasteiger partial charge in [-0.15, -0.1) is 0 Å². The average molecular weight is 359 g/mol. The number of pyridine rings is 1. The zero-order chi connectivity index (χ0) is 17.2. The maximum Gasteiger partial charge on any atom is 0.417 e. The third-order valence-electron chi connectivity index (χ3n) is 3.38. The van der Waals surface area contributed by atoms with Gasteiger partial charge in [-0.05, 0) is 18.9 Å². The Morgan fingerprint density at radius 1 is 1.25 bits per heavy atom. The van der Waals surface area contributed by atoms with Gasteiger partial charge < -0.3 is 10.1 Å². The van der Waals surface area contributed by atoms with E-state index < -0.39 is 11.7 Å². The first kappa shape index (κ1) is 16.8. The van der Waals surface area contributed by atoms with Crippen molar-refractivity contribution in [2.24, 2.45) is 0 Å². The molecule has 0 amide bonds. The van der Waals surface area contributed by atoms with Crippen LogP contribution in [0.3, 0.4) is 0 Å². The summed E-state index contributed by atoms with van der Waals surface area (Å²) >= 11 is 5.96. The van der Waals surface area contributed by atoms with E-state index in [0.717, 1.165) is 30.9 Å². The van der Waals surface area contributed by atoms with Gasteiger partial charge in [-0.1, -0.05) is 11.6 Å². The molecule has 3 rings (SSSR count). The Hall–Kier alpha value is -2.09. The van der Waals surface area contributed by atoms with Crippen LogP contribution >= 0.6 is 11.6 Å². The third-order valence-corrected chi connectivity index (χ3v) is 3.57. The number of hydrogen-bond donors (Lipinski definition) is 1. The topological polar surface area (TPSA) is 59.9 Å². The van der Waals surface area contributed by atoms with Crippen molar-refractivity contribution < 1.29 is 17.9 Å². The lowest BCUT2D eigenvalue weighted by atomic mass is 10.3. The molecule has 1 saturated carbocycles. The first-order valence-corrected chi connectivity index (χ1v) is 7.74. The summed E-state index contributed by atoms with van der Waals surface area (Å²) in [5, 5.41) is 3.42. The Morgan fingerprint density at radius 2 is 2.04 bits per heavy atom. The second-order valence-electron chi connectivity index (χ2n) is 5.37. The summed E-state index contributed by atoms with van der Waals surface area (Å²) in [6.45, 7) is 0.624. The standard InChI is InChI=1S/C15H14ClF3N4O/c16-11-7-12(23-14(22-11)9-1-2-9)20-5-6-24-13-4-3-10(8-21-13)15(17,18)19/h3-4,7-9H,1-2,5-6H2,(H,20,22,23). The van der Waals surface area contributed by atoms with Crippen LogP contribution in [0.25, 0.3) is 0 Å². The summed E-state index contributed by atoms with van der Waals surface area (Å²) in [6.07, 6.45) is -1.52. The summed E-state index contributed by atoms with van der Waals surface area (Å²) in [7, 11) is 0. The van der Waals surface area contributed by atoms with Crippen LogP contribution in [-0.4, -0.2) is 28.1 Å². The summed E-state index contributed by atoms with van der Waals surface area (Å²) in [5.41, 5.74) is -0.809. The normalized spacial score (nSPS) is 14.5. The molecule has 1 aliphatic rings. The van der Waals surface area contributed by atoms with Gasteiger partial charge in [0.15, 0.2) is 0 Å². The number of halogens is 4. The molecule has 5 nitrogen and oxygen atoms in total. The number of nitrogens with zero attached hydrogens (tertiary/aromatic N) is 3. The van der Waals surface area contributed by atoms with Crippen molar-refractivity contribution in [1.82, 2.24) is 15.0 Å². The van der Waals surface area contributed by atoms with Crippen LogP contribution in [-0.2, 0) is 6.18 Å². The molecule has 2 aromatic heterocycles. The molecule has 0 atom stereocenters. The van der Waals surface area contributed by atoms with Gasteiger partial charge in [-0.25, -0.2) is 15.0 Å². The van der Waals surface area contributed by atoms with E-state index in [-0.39, 0.29) is 12.5 Å². The molecule has 128 valence electrons. The Balaban J connectivity index is 1.48. The minimum Gasteiger partial charge on any atom is -0.476 e. The predicted molar refractivity (Wildman–Crippen MR) is 82.2 cm³/mol. The van der Waals surface area contributed by atoms with Crippen LogP contribution in [0.1, 0.15) is 30.1 Å². The van der Waals surface area contributed by atoms with Crippen molar-refractivity contribution >= 4 is 17.4 Å². The zero-order valence-corrected chi connectivity index (χ0v) is 13.2. The Kier molecular flexibility index (Phi) is 4.75. The molecule has 1 N–H and O–H groups in total. The van der Waals surface area contributed by atoms with Crippen LogP contribution in [0.4, 0.5) is 19.0 Å². The number of hydrogen-bond acceptors (Lipinski definition) is 5. The van der Waals surface area contributed by atoms with Crippen LogP contribution in [0.5, 0.6) is 5.88 Å². The van der Waals surface area contributed by atoms with E-state index in [9.17, 15) is 13.2 Å². The quantitative estimate of drug-likeness (QED) is 0.626. The van der Waals surface area contributed by atoms with Gasteiger partial charge >= 0.3 is 6.18 Å². The molecule has 0 spiro atoms. The molecule has 1 fully saturated rings. The zero-order valence-electron chi connectivity index (χ0n) is 12.5. The second kappa shape index (κ2) is 6.80. The van der Waals surface area contributed by atoms with Crippen molar-refractivity contribution in [3.63, 3.8) is 0 Å². The smallest absolute Gasteiger partial charge is 0.417 e. The number of anilines is 1. The maximum absolute atomic E-state index is 12.4. The van der Waals surface area contributed by atoms with Crippen molar-refractivity contribution in [2.75, 3.05) is 18.5 Å². The van der Waals surface area contributed by atoms with Crippen LogP contribution in [0.2, 0.25) is 5.15 Å². The highest BCUT2D eigenvalue weighted by atomic mass is 35.5. The largest absolute Gasteiger partial charge is 0.476 e. The van der Waals surface area contributed by atoms with E-state index in [2.05, 4.69) is 20.3 Å². The first-order chi connectivity index (χ1) is 11.4. The van der Waals surface area contributed by atoms with Gasteiger partial charge in [-0.3, -0.25) is 0 Å². The van der Waals surface area contributed by atoms with Gasteiger partial charge in [0.2, 0.25) is 5.88 Å². The number of aromatic nitrogens is 3. The van der Waals surface area contributed by atoms with Crippen molar-refractivity contribution in [3.8, 4) is 5.88 Å². The molecule has 0 bridgehead atoms. The van der Waals surface area contributed by atoms with Crippen molar-refractivity contribution in [3.05, 3.63) is 40.9 Å². The van der Waals surface area contributed by atoms with Crippen LogP contribution in [0.15, 0.2) is 24.4 Å². The van der Waals surface area contributed by atoms with E-state index in [1.807, 2.05) is 0 Å². The number of nitrogens with one attached hydrogen (secondary N) is 1. The van der Waals surface area contributed by atoms with E-state index in [1.165, 1.54) is 6.07 Å². The molecule has 0 aliphatic heterocycles. The van der Waals surface area contributed by atoms with Gasteiger partial charge in [0, 0.05) is 24.2 Å². The third kappa shape index (κ3) is 4.47. The van der Waals surface area contributed by atoms with E-state index in [4.69, 9.17) is 16.3 Å². The van der Waals surface area contributed by atoms with Gasteiger partial charge in [0.1, 0.15) is 23.4 Å². The highest BCUT2D eigenvalue weighted by Gasteiger charge is 2.30. The molecular formula is C15H14ClF3N4O. The van der Waals surface area contributed by atoms with Crippen molar-refractivity contribution in [1.29, 1.82) is 0 Å². The van der Waals surface area contributed by atoms with Gasteiger partial charge in [-0.2, -0.15) is 13.2 Å². The fourth-order valence-corrected chi connectivity index (χ4v) is 2.21. The lowest BCUT2D eigenvalue weighted by molar-refractivity contribution is -0.137.